The molecule has 0 fully saturated rings. The van der Waals surface area contributed by atoms with E-state index in [9.17, 15) is 0 Å². The van der Waals surface area contributed by atoms with E-state index in [0.717, 1.165) is 24.6 Å². The Balaban J connectivity index is 1.75. The first-order valence-corrected chi connectivity index (χ1v) is 6.23. The zero-order chi connectivity index (χ0) is 12.1. The van der Waals surface area contributed by atoms with Crippen LogP contribution in [0.2, 0.25) is 0 Å². The first-order chi connectivity index (χ1) is 8.24. The Bertz CT molecular complexity index is 384. The lowest BCUT2D eigenvalue weighted by Gasteiger charge is -2.16. The Morgan fingerprint density at radius 1 is 1.35 bits per heavy atom. The highest BCUT2D eigenvalue weighted by Crippen LogP contribution is 2.11. The topological polar surface area (TPSA) is 33.6 Å². The summed E-state index contributed by atoms with van der Waals surface area (Å²) in [6.45, 7) is 5.83. The number of ether oxygens (including phenoxy) is 1. The minimum atomic E-state index is 0.299. The van der Waals surface area contributed by atoms with Gasteiger partial charge in [0, 0.05) is 13.0 Å². The number of hydrogen-bond donors (Lipinski definition) is 1. The van der Waals surface area contributed by atoms with Crippen molar-refractivity contribution in [3.8, 4) is 5.75 Å². The van der Waals surface area contributed by atoms with Gasteiger partial charge < -0.3 is 10.1 Å². The van der Waals surface area contributed by atoms with Gasteiger partial charge in [0.05, 0.1) is 11.9 Å². The van der Waals surface area contributed by atoms with Gasteiger partial charge in [-0.3, -0.25) is 4.99 Å². The van der Waals surface area contributed by atoms with Crippen LogP contribution in [-0.4, -0.2) is 25.0 Å². The number of aliphatic imine (C=N–C) groups is 1. The molecule has 1 aromatic rings. The van der Waals surface area contributed by atoms with Crippen LogP contribution in [0.15, 0.2) is 29.3 Å². The lowest BCUT2D eigenvalue weighted by atomic mass is 10.2. The minimum absolute atomic E-state index is 0.299. The Morgan fingerprint density at radius 2 is 2.12 bits per heavy atom. The van der Waals surface area contributed by atoms with Crippen LogP contribution >= 0.6 is 0 Å². The maximum atomic E-state index is 5.72. The highest BCUT2D eigenvalue weighted by atomic mass is 16.5. The molecule has 0 radical (unpaired) electrons. The molecule has 1 heterocycles. The molecule has 0 bridgehead atoms. The monoisotopic (exact) mass is 232 g/mol. The summed E-state index contributed by atoms with van der Waals surface area (Å²) in [5, 5.41) is 3.39. The molecule has 1 unspecified atom stereocenters. The van der Waals surface area contributed by atoms with Gasteiger partial charge in [0.15, 0.2) is 0 Å². The van der Waals surface area contributed by atoms with Gasteiger partial charge in [-0.25, -0.2) is 0 Å². The van der Waals surface area contributed by atoms with Gasteiger partial charge in [-0.05, 0) is 32.4 Å². The largest absolute Gasteiger partial charge is 0.491 e. The van der Waals surface area contributed by atoms with Crippen LogP contribution in [0.3, 0.4) is 0 Å². The van der Waals surface area contributed by atoms with E-state index in [2.05, 4.69) is 36.3 Å². The van der Waals surface area contributed by atoms with Gasteiger partial charge in [0.25, 0.3) is 0 Å². The molecule has 0 amide bonds. The lowest BCUT2D eigenvalue weighted by molar-refractivity contribution is 0.286. The third-order valence-corrected chi connectivity index (χ3v) is 2.81. The second-order valence-corrected chi connectivity index (χ2v) is 4.60. The fourth-order valence-corrected chi connectivity index (χ4v) is 1.84. The molecule has 3 heteroatoms. The molecule has 1 aliphatic rings. The summed E-state index contributed by atoms with van der Waals surface area (Å²) >= 11 is 0. The van der Waals surface area contributed by atoms with Gasteiger partial charge in [0.1, 0.15) is 12.4 Å². The van der Waals surface area contributed by atoms with Gasteiger partial charge in [-0.2, -0.15) is 0 Å². The van der Waals surface area contributed by atoms with Gasteiger partial charge in [-0.15, -0.1) is 0 Å². The number of aryl methyl sites for hydroxylation is 1. The van der Waals surface area contributed by atoms with Crippen LogP contribution in [0.5, 0.6) is 5.75 Å². The molecule has 2 rings (SSSR count). The molecule has 1 N–H and O–H groups in total. The van der Waals surface area contributed by atoms with Crippen molar-refractivity contribution in [1.29, 1.82) is 0 Å². The summed E-state index contributed by atoms with van der Waals surface area (Å²) in [5.41, 5.74) is 1.25. The predicted octanol–water partition coefficient (Wildman–Crippen LogP) is 2.54. The molecular formula is C14H20N2O. The fourth-order valence-electron chi connectivity index (χ4n) is 1.84. The van der Waals surface area contributed by atoms with E-state index in [4.69, 9.17) is 4.74 Å². The van der Waals surface area contributed by atoms with E-state index in [-0.39, 0.29) is 0 Å². The van der Waals surface area contributed by atoms with Crippen LogP contribution in [0.4, 0.5) is 0 Å². The predicted molar refractivity (Wildman–Crippen MR) is 70.8 cm³/mol. The summed E-state index contributed by atoms with van der Waals surface area (Å²) in [5.74, 6) is 2.06. The molecular weight excluding hydrogens is 212 g/mol. The Labute approximate surface area is 103 Å². The SMILES string of the molecule is Cc1ccc(OCC(C)NC2=NCCC2)cc1. The van der Waals surface area contributed by atoms with E-state index >= 15 is 0 Å². The Morgan fingerprint density at radius 3 is 2.76 bits per heavy atom. The highest BCUT2D eigenvalue weighted by Gasteiger charge is 2.09. The van der Waals surface area contributed by atoms with Crippen molar-refractivity contribution >= 4 is 5.84 Å². The average molecular weight is 232 g/mol. The number of nitrogens with one attached hydrogen (secondary N) is 1. The van der Waals surface area contributed by atoms with Crippen molar-refractivity contribution < 1.29 is 4.74 Å². The molecule has 0 spiro atoms. The second kappa shape index (κ2) is 5.71. The standard InChI is InChI=1S/C14H20N2O/c1-11-5-7-13(8-6-11)17-10-12(2)16-14-4-3-9-15-14/h5-8,12H,3-4,9-10H2,1-2H3,(H,15,16). The zero-order valence-electron chi connectivity index (χ0n) is 10.6. The van der Waals surface area contributed by atoms with Gasteiger partial charge in [-0.1, -0.05) is 17.7 Å². The number of nitrogens with zero attached hydrogens (tertiary/aromatic N) is 1. The quantitative estimate of drug-likeness (QED) is 0.865. The van der Waals surface area contributed by atoms with Crippen LogP contribution in [0.1, 0.15) is 25.3 Å². The van der Waals surface area contributed by atoms with Crippen molar-refractivity contribution in [3.05, 3.63) is 29.8 Å². The molecule has 0 aliphatic carbocycles. The van der Waals surface area contributed by atoms with E-state index in [0.29, 0.717) is 12.6 Å². The summed E-state index contributed by atoms with van der Waals surface area (Å²) < 4.78 is 5.72. The van der Waals surface area contributed by atoms with Crippen LogP contribution < -0.4 is 10.1 Å². The van der Waals surface area contributed by atoms with E-state index in [1.54, 1.807) is 0 Å². The number of benzene rings is 1. The molecule has 1 aliphatic heterocycles. The van der Waals surface area contributed by atoms with Crippen molar-refractivity contribution in [2.45, 2.75) is 32.7 Å². The van der Waals surface area contributed by atoms with Crippen molar-refractivity contribution in [2.24, 2.45) is 4.99 Å². The molecule has 17 heavy (non-hydrogen) atoms. The third kappa shape index (κ3) is 3.77. The number of hydrogen-bond acceptors (Lipinski definition) is 3. The second-order valence-electron chi connectivity index (χ2n) is 4.60. The van der Waals surface area contributed by atoms with E-state index < -0.39 is 0 Å². The number of rotatable bonds is 4. The van der Waals surface area contributed by atoms with Gasteiger partial charge in [0.2, 0.25) is 0 Å². The van der Waals surface area contributed by atoms with Crippen molar-refractivity contribution in [1.82, 2.24) is 5.32 Å². The first-order valence-electron chi connectivity index (χ1n) is 6.23. The molecule has 0 saturated heterocycles. The van der Waals surface area contributed by atoms with E-state index in [1.807, 2.05) is 12.1 Å². The fraction of sp³-hybridized carbons (Fsp3) is 0.500. The summed E-state index contributed by atoms with van der Waals surface area (Å²) in [6.07, 6.45) is 2.25. The van der Waals surface area contributed by atoms with Crippen LogP contribution in [0, 0.1) is 6.92 Å². The Kier molecular flexibility index (Phi) is 4.02. The minimum Gasteiger partial charge on any atom is -0.491 e. The molecule has 0 aromatic heterocycles. The highest BCUT2D eigenvalue weighted by molar-refractivity contribution is 5.83. The first kappa shape index (κ1) is 12.0. The third-order valence-electron chi connectivity index (χ3n) is 2.81. The Hall–Kier alpha value is -1.51. The lowest BCUT2D eigenvalue weighted by Crippen LogP contribution is -2.35. The smallest absolute Gasteiger partial charge is 0.119 e. The maximum absolute atomic E-state index is 5.72. The van der Waals surface area contributed by atoms with Crippen molar-refractivity contribution in [3.63, 3.8) is 0 Å². The summed E-state index contributed by atoms with van der Waals surface area (Å²) in [4.78, 5) is 4.39. The zero-order valence-corrected chi connectivity index (χ0v) is 10.6. The normalized spacial score (nSPS) is 16.5. The summed E-state index contributed by atoms with van der Waals surface area (Å²) in [6, 6.07) is 8.45. The molecule has 1 aromatic carbocycles. The van der Waals surface area contributed by atoms with E-state index in [1.165, 1.54) is 12.0 Å². The average Bonchev–Trinajstić information content (AvgIpc) is 2.81. The number of amidine groups is 1. The van der Waals surface area contributed by atoms with Crippen LogP contribution in [-0.2, 0) is 0 Å². The van der Waals surface area contributed by atoms with Crippen molar-refractivity contribution in [2.75, 3.05) is 13.2 Å². The summed E-state index contributed by atoms with van der Waals surface area (Å²) in [7, 11) is 0. The van der Waals surface area contributed by atoms with Gasteiger partial charge >= 0.3 is 0 Å². The molecule has 3 nitrogen and oxygen atoms in total. The maximum Gasteiger partial charge on any atom is 0.119 e. The molecule has 92 valence electrons. The van der Waals surface area contributed by atoms with Crippen LogP contribution in [0.25, 0.3) is 0 Å². The molecule has 0 saturated carbocycles. The molecule has 1 atom stereocenters.